The molecule has 1 aromatic carbocycles. The van der Waals surface area contributed by atoms with E-state index < -0.39 is 5.97 Å². The zero-order chi connectivity index (χ0) is 16.5. The average molecular weight is 304 g/mol. The highest BCUT2D eigenvalue weighted by molar-refractivity contribution is 5.92. The first kappa shape index (κ1) is 17.5. The largest absolute Gasteiger partial charge is 0.496 e. The molecule has 5 heteroatoms. The van der Waals surface area contributed by atoms with E-state index in [1.54, 1.807) is 31.2 Å². The van der Waals surface area contributed by atoms with Gasteiger partial charge in [-0.15, -0.1) is 0 Å². The van der Waals surface area contributed by atoms with E-state index in [4.69, 9.17) is 14.2 Å². The fourth-order valence-electron chi connectivity index (χ4n) is 1.76. The molecule has 0 radical (unpaired) electrons. The zero-order valence-corrected chi connectivity index (χ0v) is 13.2. The summed E-state index contributed by atoms with van der Waals surface area (Å²) in [6.45, 7) is 3.53. The van der Waals surface area contributed by atoms with Crippen LogP contribution >= 0.6 is 0 Å². The monoisotopic (exact) mass is 304 g/mol. The van der Waals surface area contributed by atoms with Gasteiger partial charge in [-0.05, 0) is 44.2 Å². The van der Waals surface area contributed by atoms with Gasteiger partial charge in [-0.3, -0.25) is 4.79 Å². The molecular formula is C17H20O5. The fraction of sp³-hybridized carbons (Fsp3) is 0.294. The number of hydrogen-bond acceptors (Lipinski definition) is 5. The maximum Gasteiger partial charge on any atom is 0.330 e. The molecule has 0 fully saturated rings. The van der Waals surface area contributed by atoms with Crippen LogP contribution in [-0.4, -0.2) is 32.6 Å². The quantitative estimate of drug-likeness (QED) is 0.572. The van der Waals surface area contributed by atoms with Gasteiger partial charge in [0.2, 0.25) is 0 Å². The molecule has 0 aliphatic rings. The SMILES string of the molecule is CCOC(=O)/C=C/c1cc(OC)c(/C=C/C(C)=O)cc1OC. The standard InChI is InChI=1S/C17H20O5/c1-5-22-17(19)9-8-14-11-15(20-3)13(7-6-12(2)18)10-16(14)21-4/h6-11H,5H2,1-4H3/b7-6+,9-8+. The second kappa shape index (κ2) is 8.67. The molecule has 0 bridgehead atoms. The summed E-state index contributed by atoms with van der Waals surface area (Å²) >= 11 is 0. The Balaban J connectivity index is 3.19. The molecule has 0 heterocycles. The van der Waals surface area contributed by atoms with E-state index in [9.17, 15) is 9.59 Å². The lowest BCUT2D eigenvalue weighted by atomic mass is 10.1. The number of benzene rings is 1. The van der Waals surface area contributed by atoms with Crippen LogP contribution in [0.25, 0.3) is 12.2 Å². The van der Waals surface area contributed by atoms with Gasteiger partial charge in [-0.25, -0.2) is 4.79 Å². The summed E-state index contributed by atoms with van der Waals surface area (Å²) in [6.07, 6.45) is 6.03. The Morgan fingerprint density at radius 2 is 1.50 bits per heavy atom. The third-order valence-corrected chi connectivity index (χ3v) is 2.77. The number of carbonyl (C=O) groups is 2. The van der Waals surface area contributed by atoms with Crippen molar-refractivity contribution in [2.45, 2.75) is 13.8 Å². The van der Waals surface area contributed by atoms with Gasteiger partial charge in [-0.2, -0.15) is 0 Å². The van der Waals surface area contributed by atoms with Crippen LogP contribution < -0.4 is 9.47 Å². The first-order valence-electron chi connectivity index (χ1n) is 6.81. The van der Waals surface area contributed by atoms with Gasteiger partial charge in [0.25, 0.3) is 0 Å². The van der Waals surface area contributed by atoms with E-state index in [1.165, 1.54) is 33.3 Å². The number of carbonyl (C=O) groups excluding carboxylic acids is 2. The number of rotatable bonds is 7. The molecule has 0 saturated carbocycles. The molecule has 0 atom stereocenters. The van der Waals surface area contributed by atoms with E-state index in [2.05, 4.69) is 0 Å². The predicted molar refractivity (Wildman–Crippen MR) is 84.9 cm³/mol. The molecule has 0 saturated heterocycles. The lowest BCUT2D eigenvalue weighted by Gasteiger charge is -2.11. The molecule has 0 amide bonds. The highest BCUT2D eigenvalue weighted by atomic mass is 16.5. The minimum atomic E-state index is -0.427. The van der Waals surface area contributed by atoms with Crippen LogP contribution in [0.2, 0.25) is 0 Å². The summed E-state index contributed by atoms with van der Waals surface area (Å²) in [5.74, 6) is 0.641. The Kier molecular flexibility index (Phi) is 6.89. The van der Waals surface area contributed by atoms with Crippen LogP contribution in [0.4, 0.5) is 0 Å². The number of ether oxygens (including phenoxy) is 3. The van der Waals surface area contributed by atoms with Gasteiger partial charge in [0.1, 0.15) is 11.5 Å². The van der Waals surface area contributed by atoms with Crippen LogP contribution in [0, 0.1) is 0 Å². The van der Waals surface area contributed by atoms with Gasteiger partial charge < -0.3 is 14.2 Å². The van der Waals surface area contributed by atoms with Gasteiger partial charge >= 0.3 is 5.97 Å². The summed E-state index contributed by atoms with van der Waals surface area (Å²) in [5, 5.41) is 0. The Morgan fingerprint density at radius 1 is 1.00 bits per heavy atom. The second-order valence-corrected chi connectivity index (χ2v) is 4.37. The van der Waals surface area contributed by atoms with Crippen molar-refractivity contribution in [3.8, 4) is 11.5 Å². The van der Waals surface area contributed by atoms with Crippen LogP contribution in [0.15, 0.2) is 24.3 Å². The molecule has 0 spiro atoms. The number of esters is 1. The van der Waals surface area contributed by atoms with E-state index in [0.29, 0.717) is 29.2 Å². The second-order valence-electron chi connectivity index (χ2n) is 4.37. The number of ketones is 1. The Labute approximate surface area is 130 Å². The molecule has 5 nitrogen and oxygen atoms in total. The molecule has 0 aliphatic carbocycles. The van der Waals surface area contributed by atoms with Crippen molar-refractivity contribution in [3.63, 3.8) is 0 Å². The number of hydrogen-bond donors (Lipinski definition) is 0. The first-order valence-corrected chi connectivity index (χ1v) is 6.81. The van der Waals surface area contributed by atoms with E-state index >= 15 is 0 Å². The summed E-state index contributed by atoms with van der Waals surface area (Å²) in [6, 6.07) is 3.47. The molecule has 22 heavy (non-hydrogen) atoms. The molecule has 0 aliphatic heterocycles. The van der Waals surface area contributed by atoms with Crippen LogP contribution in [-0.2, 0) is 14.3 Å². The third-order valence-electron chi connectivity index (χ3n) is 2.77. The highest BCUT2D eigenvalue weighted by Crippen LogP contribution is 2.30. The normalized spacial score (nSPS) is 10.9. The average Bonchev–Trinajstić information content (AvgIpc) is 2.50. The molecule has 1 aromatic rings. The third kappa shape index (κ3) is 5.09. The van der Waals surface area contributed by atoms with Crippen molar-refractivity contribution in [2.24, 2.45) is 0 Å². The lowest BCUT2D eigenvalue weighted by Crippen LogP contribution is -1.99. The van der Waals surface area contributed by atoms with Gasteiger partial charge in [-0.1, -0.05) is 0 Å². The number of methoxy groups -OCH3 is 2. The van der Waals surface area contributed by atoms with E-state index in [-0.39, 0.29) is 5.78 Å². The van der Waals surface area contributed by atoms with Crippen LogP contribution in [0.5, 0.6) is 11.5 Å². The van der Waals surface area contributed by atoms with Crippen molar-refractivity contribution >= 4 is 23.9 Å². The topological polar surface area (TPSA) is 61.8 Å². The van der Waals surface area contributed by atoms with Crippen molar-refractivity contribution in [3.05, 3.63) is 35.4 Å². The molecule has 1 rings (SSSR count). The fourth-order valence-corrected chi connectivity index (χ4v) is 1.76. The maximum absolute atomic E-state index is 11.4. The number of allylic oxidation sites excluding steroid dienone is 1. The van der Waals surface area contributed by atoms with Gasteiger partial charge in [0, 0.05) is 17.2 Å². The molecular weight excluding hydrogens is 284 g/mol. The molecule has 0 unspecified atom stereocenters. The van der Waals surface area contributed by atoms with Crippen molar-refractivity contribution in [1.82, 2.24) is 0 Å². The molecule has 0 N–H and O–H groups in total. The van der Waals surface area contributed by atoms with Crippen molar-refractivity contribution in [1.29, 1.82) is 0 Å². The first-order chi connectivity index (χ1) is 10.5. The smallest absolute Gasteiger partial charge is 0.330 e. The summed E-state index contributed by atoms with van der Waals surface area (Å²) < 4.78 is 15.4. The Bertz CT molecular complexity index is 599. The Hall–Kier alpha value is -2.56. The summed E-state index contributed by atoms with van der Waals surface area (Å²) in [7, 11) is 3.06. The zero-order valence-electron chi connectivity index (χ0n) is 13.2. The summed E-state index contributed by atoms with van der Waals surface area (Å²) in [5.41, 5.74) is 1.38. The van der Waals surface area contributed by atoms with E-state index in [0.717, 1.165) is 0 Å². The van der Waals surface area contributed by atoms with Crippen LogP contribution in [0.1, 0.15) is 25.0 Å². The maximum atomic E-state index is 11.4. The molecule has 118 valence electrons. The lowest BCUT2D eigenvalue weighted by molar-refractivity contribution is -0.137. The minimum Gasteiger partial charge on any atom is -0.496 e. The van der Waals surface area contributed by atoms with E-state index in [1.807, 2.05) is 0 Å². The van der Waals surface area contributed by atoms with Crippen molar-refractivity contribution < 1.29 is 23.8 Å². The predicted octanol–water partition coefficient (Wildman–Crippen LogP) is 2.88. The highest BCUT2D eigenvalue weighted by Gasteiger charge is 2.08. The van der Waals surface area contributed by atoms with Gasteiger partial charge in [0.15, 0.2) is 5.78 Å². The van der Waals surface area contributed by atoms with Crippen molar-refractivity contribution in [2.75, 3.05) is 20.8 Å². The Morgan fingerprint density at radius 3 is 1.91 bits per heavy atom. The molecule has 0 aromatic heterocycles. The minimum absolute atomic E-state index is 0.0627. The van der Waals surface area contributed by atoms with Crippen LogP contribution in [0.3, 0.4) is 0 Å². The van der Waals surface area contributed by atoms with Gasteiger partial charge in [0.05, 0.1) is 20.8 Å². The summed E-state index contributed by atoms with van der Waals surface area (Å²) in [4.78, 5) is 22.4.